The molecule has 0 spiro atoms. The average Bonchev–Trinajstić information content (AvgIpc) is 2.95. The van der Waals surface area contributed by atoms with Gasteiger partial charge in [0.25, 0.3) is 11.8 Å². The van der Waals surface area contributed by atoms with Gasteiger partial charge in [-0.15, -0.1) is 0 Å². The molecule has 2 aromatic rings. The molecule has 3 rings (SSSR count). The Morgan fingerprint density at radius 3 is 2.07 bits per heavy atom. The number of benzene rings is 2. The maximum absolute atomic E-state index is 12.4. The summed E-state index contributed by atoms with van der Waals surface area (Å²) in [6.45, 7) is 1.91. The van der Waals surface area contributed by atoms with Crippen molar-refractivity contribution < 1.29 is 19.1 Å². The molecule has 140 valence electrons. The summed E-state index contributed by atoms with van der Waals surface area (Å²) in [5.74, 6) is -1.29. The third kappa shape index (κ3) is 3.48. The zero-order valence-corrected chi connectivity index (χ0v) is 15.4. The highest BCUT2D eigenvalue weighted by molar-refractivity contribution is 6.22. The lowest BCUT2D eigenvalue weighted by molar-refractivity contribution is -0.123. The third-order valence-corrected chi connectivity index (χ3v) is 5.01. The first-order valence-electron chi connectivity index (χ1n) is 8.85. The first kappa shape index (κ1) is 18.8. The molecule has 1 atom stereocenters. The van der Waals surface area contributed by atoms with Gasteiger partial charge in [-0.25, -0.2) is 0 Å². The molecule has 1 unspecified atom stereocenters. The lowest BCUT2D eigenvalue weighted by Gasteiger charge is -2.32. The molecule has 2 aromatic carbocycles. The minimum atomic E-state index is -0.668. The van der Waals surface area contributed by atoms with Crippen molar-refractivity contribution in [3.05, 3.63) is 71.3 Å². The van der Waals surface area contributed by atoms with Gasteiger partial charge < -0.3 is 10.1 Å². The van der Waals surface area contributed by atoms with Crippen LogP contribution in [0, 0.1) is 0 Å². The molecule has 1 N–H and O–H groups in total. The largest absolute Gasteiger partial charge is 0.372 e. The smallest absolute Gasteiger partial charge is 0.262 e. The Labute approximate surface area is 158 Å². The van der Waals surface area contributed by atoms with Crippen LogP contribution in [0.15, 0.2) is 54.6 Å². The van der Waals surface area contributed by atoms with Crippen molar-refractivity contribution in [2.24, 2.45) is 0 Å². The molecule has 1 heterocycles. The molecule has 3 amide bonds. The zero-order chi connectivity index (χ0) is 19.4. The number of nitrogens with one attached hydrogen (secondary N) is 1. The number of methoxy groups -OCH3 is 1. The summed E-state index contributed by atoms with van der Waals surface area (Å²) < 4.78 is 5.72. The standard InChI is InChI=1S/C21H22N2O4/c1-3-21(27-2,15-9-5-4-6-10-15)14-22-18(24)13-23-19(25)16-11-7-8-12-17(16)20(23)26/h4-12H,3,13-14H2,1-2H3,(H,22,24). The summed E-state index contributed by atoms with van der Waals surface area (Å²) >= 11 is 0. The number of imide groups is 1. The van der Waals surface area contributed by atoms with E-state index in [1.54, 1.807) is 31.4 Å². The normalized spacial score (nSPS) is 15.4. The summed E-state index contributed by atoms with van der Waals surface area (Å²) in [5.41, 5.74) is 0.952. The molecule has 0 aromatic heterocycles. The fourth-order valence-electron chi connectivity index (χ4n) is 3.33. The summed E-state index contributed by atoms with van der Waals surface area (Å²) in [6, 6.07) is 16.2. The first-order chi connectivity index (χ1) is 13.0. The van der Waals surface area contributed by atoms with E-state index < -0.39 is 23.3 Å². The Hall–Kier alpha value is -2.99. The lowest BCUT2D eigenvalue weighted by atomic mass is 9.90. The van der Waals surface area contributed by atoms with Gasteiger partial charge in [0.2, 0.25) is 5.91 Å². The van der Waals surface area contributed by atoms with Crippen molar-refractivity contribution in [3.8, 4) is 0 Å². The molecule has 1 aliphatic heterocycles. The first-order valence-corrected chi connectivity index (χ1v) is 8.85. The van der Waals surface area contributed by atoms with E-state index in [9.17, 15) is 14.4 Å². The number of carbonyl (C=O) groups excluding carboxylic acids is 3. The number of hydrogen-bond acceptors (Lipinski definition) is 4. The van der Waals surface area contributed by atoms with Crippen molar-refractivity contribution in [2.75, 3.05) is 20.2 Å². The van der Waals surface area contributed by atoms with Gasteiger partial charge in [0.15, 0.2) is 0 Å². The Morgan fingerprint density at radius 2 is 1.56 bits per heavy atom. The molecule has 27 heavy (non-hydrogen) atoms. The van der Waals surface area contributed by atoms with Crippen LogP contribution >= 0.6 is 0 Å². The second kappa shape index (κ2) is 7.72. The monoisotopic (exact) mass is 366 g/mol. The van der Waals surface area contributed by atoms with Crippen molar-refractivity contribution >= 4 is 17.7 Å². The predicted molar refractivity (Wildman–Crippen MR) is 100 cm³/mol. The quantitative estimate of drug-likeness (QED) is 0.763. The summed E-state index contributed by atoms with van der Waals surface area (Å²) in [4.78, 5) is 38.2. The van der Waals surface area contributed by atoms with Crippen LogP contribution < -0.4 is 5.32 Å². The van der Waals surface area contributed by atoms with Crippen molar-refractivity contribution in [2.45, 2.75) is 18.9 Å². The Morgan fingerprint density at radius 1 is 1.00 bits per heavy atom. The minimum absolute atomic E-state index is 0.242. The van der Waals surface area contributed by atoms with E-state index in [0.29, 0.717) is 17.5 Å². The molecule has 0 fully saturated rings. The molecule has 0 saturated heterocycles. The molecular formula is C21H22N2O4. The highest BCUT2D eigenvalue weighted by Crippen LogP contribution is 2.28. The molecule has 0 aliphatic carbocycles. The van der Waals surface area contributed by atoms with E-state index in [0.717, 1.165) is 10.5 Å². The van der Waals surface area contributed by atoms with Gasteiger partial charge in [-0.05, 0) is 24.1 Å². The van der Waals surface area contributed by atoms with Crippen molar-refractivity contribution in [1.29, 1.82) is 0 Å². The molecule has 0 saturated carbocycles. The van der Waals surface area contributed by atoms with E-state index in [1.165, 1.54) is 0 Å². The number of hydrogen-bond donors (Lipinski definition) is 1. The van der Waals surface area contributed by atoms with E-state index in [4.69, 9.17) is 4.74 Å². The Bertz CT molecular complexity index is 824. The van der Waals surface area contributed by atoms with E-state index in [1.807, 2.05) is 37.3 Å². The number of carbonyl (C=O) groups is 3. The average molecular weight is 366 g/mol. The predicted octanol–water partition coefficient (Wildman–Crippen LogP) is 2.35. The highest BCUT2D eigenvalue weighted by Gasteiger charge is 2.37. The van der Waals surface area contributed by atoms with Crippen LogP contribution in [0.25, 0.3) is 0 Å². The van der Waals surface area contributed by atoms with Crippen LogP contribution in [-0.4, -0.2) is 42.8 Å². The van der Waals surface area contributed by atoms with Gasteiger partial charge in [0.05, 0.1) is 17.7 Å². The number of rotatable bonds is 7. The van der Waals surface area contributed by atoms with Gasteiger partial charge in [-0.2, -0.15) is 0 Å². The van der Waals surface area contributed by atoms with Crippen LogP contribution in [0.3, 0.4) is 0 Å². The lowest BCUT2D eigenvalue weighted by Crippen LogP contribution is -2.46. The number of amides is 3. The SMILES string of the molecule is CCC(CNC(=O)CN1C(=O)c2ccccc2C1=O)(OC)c1ccccc1. The topological polar surface area (TPSA) is 75.7 Å². The third-order valence-electron chi connectivity index (χ3n) is 5.01. The fraction of sp³-hybridized carbons (Fsp3) is 0.286. The summed E-state index contributed by atoms with van der Waals surface area (Å²) in [5, 5.41) is 2.81. The van der Waals surface area contributed by atoms with Gasteiger partial charge in [0, 0.05) is 7.11 Å². The Kier molecular flexibility index (Phi) is 5.37. The number of fused-ring (bicyclic) bond motifs is 1. The van der Waals surface area contributed by atoms with Crippen LogP contribution in [-0.2, 0) is 15.1 Å². The summed E-state index contributed by atoms with van der Waals surface area (Å²) in [7, 11) is 1.60. The van der Waals surface area contributed by atoms with Crippen molar-refractivity contribution in [3.63, 3.8) is 0 Å². The van der Waals surface area contributed by atoms with Gasteiger partial charge in [-0.3, -0.25) is 19.3 Å². The highest BCUT2D eigenvalue weighted by atomic mass is 16.5. The van der Waals surface area contributed by atoms with Gasteiger partial charge >= 0.3 is 0 Å². The zero-order valence-electron chi connectivity index (χ0n) is 15.4. The van der Waals surface area contributed by atoms with Gasteiger partial charge in [0.1, 0.15) is 12.1 Å². The van der Waals surface area contributed by atoms with Crippen LogP contribution in [0.5, 0.6) is 0 Å². The maximum Gasteiger partial charge on any atom is 0.262 e. The van der Waals surface area contributed by atoms with Crippen LogP contribution in [0.4, 0.5) is 0 Å². The molecular weight excluding hydrogens is 344 g/mol. The van der Waals surface area contributed by atoms with E-state index in [-0.39, 0.29) is 13.1 Å². The number of nitrogens with zero attached hydrogens (tertiary/aromatic N) is 1. The van der Waals surface area contributed by atoms with E-state index >= 15 is 0 Å². The second-order valence-electron chi connectivity index (χ2n) is 6.44. The Balaban J connectivity index is 1.68. The van der Waals surface area contributed by atoms with Crippen LogP contribution in [0.1, 0.15) is 39.6 Å². The molecule has 0 bridgehead atoms. The summed E-state index contributed by atoms with van der Waals surface area (Å²) in [6.07, 6.45) is 0.654. The molecule has 0 radical (unpaired) electrons. The number of ether oxygens (including phenoxy) is 1. The van der Waals surface area contributed by atoms with Crippen LogP contribution in [0.2, 0.25) is 0 Å². The maximum atomic E-state index is 12.4. The molecule has 6 nitrogen and oxygen atoms in total. The second-order valence-corrected chi connectivity index (χ2v) is 6.44. The van der Waals surface area contributed by atoms with Crippen molar-refractivity contribution in [1.82, 2.24) is 10.2 Å². The minimum Gasteiger partial charge on any atom is -0.372 e. The van der Waals surface area contributed by atoms with Gasteiger partial charge in [-0.1, -0.05) is 49.4 Å². The fourth-order valence-corrected chi connectivity index (χ4v) is 3.33. The molecule has 1 aliphatic rings. The van der Waals surface area contributed by atoms with E-state index in [2.05, 4.69) is 5.32 Å². The molecule has 6 heteroatoms.